The smallest absolute Gasteiger partial charge is 0.406 e. The molecule has 4 N–H and O–H groups in total. The Kier molecular flexibility index (Phi) is 9.96. The lowest BCUT2D eigenvalue weighted by atomic mass is 10.1. The average Bonchev–Trinajstić information content (AvgIpc) is 3.49. The lowest BCUT2D eigenvalue weighted by Gasteiger charge is -2.23. The summed E-state index contributed by atoms with van der Waals surface area (Å²) in [5.41, 5.74) is 3.55. The summed E-state index contributed by atoms with van der Waals surface area (Å²) in [6.07, 6.45) is -4.03. The molecular weight excluding hydrogens is 609 g/mol. The molecule has 43 heavy (non-hydrogen) atoms. The van der Waals surface area contributed by atoms with Gasteiger partial charge >= 0.3 is 6.36 Å². The number of hydrogen-bond acceptors (Lipinski definition) is 11. The number of halogens is 4. The van der Waals surface area contributed by atoms with Crippen molar-refractivity contribution in [2.45, 2.75) is 57.8 Å². The first kappa shape index (κ1) is 32.6. The van der Waals surface area contributed by atoms with Crippen molar-refractivity contribution in [3.8, 4) is 16.3 Å². The van der Waals surface area contributed by atoms with Gasteiger partial charge in [0.05, 0.1) is 39.8 Å². The Bertz CT molecular complexity index is 1560. The lowest BCUT2D eigenvalue weighted by molar-refractivity contribution is -0.274. The highest BCUT2D eigenvalue weighted by Crippen LogP contribution is 2.39. The number of pyridine rings is 1. The van der Waals surface area contributed by atoms with E-state index in [9.17, 15) is 23.4 Å². The zero-order chi connectivity index (χ0) is 30.2. The second-order valence-corrected chi connectivity index (χ2v) is 11.3. The molecule has 232 valence electrons. The molecule has 15 heteroatoms. The van der Waals surface area contributed by atoms with Gasteiger partial charge in [0, 0.05) is 25.8 Å². The molecule has 5 atom stereocenters. The molecule has 3 aromatic heterocycles. The molecule has 5 rings (SSSR count). The number of aliphatic hydroxyl groups excluding tert-OH is 2. The van der Waals surface area contributed by atoms with Gasteiger partial charge in [0.25, 0.3) is 0 Å². The Morgan fingerprint density at radius 2 is 1.81 bits per heavy atom. The van der Waals surface area contributed by atoms with Crippen LogP contribution in [-0.4, -0.2) is 68.5 Å². The maximum absolute atomic E-state index is 12.6. The molecule has 1 aliphatic carbocycles. The third-order valence-electron chi connectivity index (χ3n) is 7.35. The number of fused-ring (bicyclic) bond motifs is 1. The number of aryl methyl sites for hydroxylation is 2. The number of methoxy groups -OCH3 is 1. The summed E-state index contributed by atoms with van der Waals surface area (Å²) in [4.78, 5) is 18.6. The van der Waals surface area contributed by atoms with Crippen molar-refractivity contribution >= 4 is 45.7 Å². The first-order valence-electron chi connectivity index (χ1n) is 13.3. The fourth-order valence-electron chi connectivity index (χ4n) is 5.26. The molecule has 0 bridgehead atoms. The molecule has 0 amide bonds. The van der Waals surface area contributed by atoms with Gasteiger partial charge in [-0.1, -0.05) is 12.1 Å². The van der Waals surface area contributed by atoms with Crippen LogP contribution in [0.1, 0.15) is 36.3 Å². The SMILES string of the molecule is CO[C@@H]1[C@@H](CO)C[C@@H](Nc2nc(N[C@H](C)c3ccc(OC(F)(F)F)cc3)nc(C)c2-c2nc3c(C)nccc3s2)[C@@H]1O.Cl. The van der Waals surface area contributed by atoms with Crippen LogP contribution in [0.15, 0.2) is 36.5 Å². The molecule has 0 saturated heterocycles. The van der Waals surface area contributed by atoms with Crippen LogP contribution in [0.3, 0.4) is 0 Å². The third-order valence-corrected chi connectivity index (χ3v) is 8.39. The normalized spacial score (nSPS) is 21.0. The van der Waals surface area contributed by atoms with E-state index in [1.165, 1.54) is 42.7 Å². The zero-order valence-electron chi connectivity index (χ0n) is 23.7. The molecule has 1 saturated carbocycles. The van der Waals surface area contributed by atoms with Crippen molar-refractivity contribution in [2.24, 2.45) is 5.92 Å². The number of nitrogens with zero attached hydrogens (tertiary/aromatic N) is 4. The highest BCUT2D eigenvalue weighted by Gasteiger charge is 2.43. The van der Waals surface area contributed by atoms with Crippen LogP contribution in [0.4, 0.5) is 24.9 Å². The number of anilines is 2. The minimum absolute atomic E-state index is 0. The minimum Gasteiger partial charge on any atom is -0.406 e. The molecule has 1 fully saturated rings. The predicted molar refractivity (Wildman–Crippen MR) is 160 cm³/mol. The number of thiazole rings is 1. The number of aromatic nitrogens is 4. The Morgan fingerprint density at radius 1 is 1.09 bits per heavy atom. The highest BCUT2D eigenvalue weighted by atomic mass is 35.5. The fraction of sp³-hybridized carbons (Fsp3) is 0.429. The van der Waals surface area contributed by atoms with E-state index in [0.717, 1.165) is 15.9 Å². The molecule has 1 aromatic carbocycles. The Morgan fingerprint density at radius 3 is 2.42 bits per heavy atom. The number of benzene rings is 1. The largest absolute Gasteiger partial charge is 0.573 e. The summed E-state index contributed by atoms with van der Waals surface area (Å²) in [5.74, 6) is 0.142. The van der Waals surface area contributed by atoms with E-state index in [-0.39, 0.29) is 42.7 Å². The number of hydrogen-bond donors (Lipinski definition) is 4. The van der Waals surface area contributed by atoms with Gasteiger partial charge in [-0.2, -0.15) is 4.98 Å². The van der Waals surface area contributed by atoms with Gasteiger partial charge in [0.15, 0.2) is 0 Å². The van der Waals surface area contributed by atoms with Gasteiger partial charge in [-0.25, -0.2) is 9.97 Å². The molecule has 0 unspecified atom stereocenters. The topological polar surface area (TPSA) is 135 Å². The van der Waals surface area contributed by atoms with E-state index in [1.54, 1.807) is 6.20 Å². The van der Waals surface area contributed by atoms with Crippen LogP contribution in [0, 0.1) is 19.8 Å². The Hall–Kier alpha value is -3.30. The third kappa shape index (κ3) is 7.10. The number of alkyl halides is 3. The maximum atomic E-state index is 12.6. The monoisotopic (exact) mass is 640 g/mol. The summed E-state index contributed by atoms with van der Waals surface area (Å²) < 4.78 is 48.0. The molecule has 0 radical (unpaired) electrons. The number of ether oxygens (including phenoxy) is 2. The van der Waals surface area contributed by atoms with E-state index >= 15 is 0 Å². The van der Waals surface area contributed by atoms with Crippen molar-refractivity contribution in [3.63, 3.8) is 0 Å². The summed E-state index contributed by atoms with van der Waals surface area (Å²) in [7, 11) is 1.50. The van der Waals surface area contributed by atoms with E-state index in [4.69, 9.17) is 14.7 Å². The van der Waals surface area contributed by atoms with E-state index < -0.39 is 24.6 Å². The second kappa shape index (κ2) is 13.1. The molecule has 4 aromatic rings. The first-order chi connectivity index (χ1) is 20.0. The van der Waals surface area contributed by atoms with E-state index in [0.29, 0.717) is 34.1 Å². The Balaban J connectivity index is 0.00000423. The van der Waals surface area contributed by atoms with E-state index in [2.05, 4.69) is 25.3 Å². The average molecular weight is 641 g/mol. The number of rotatable bonds is 9. The summed E-state index contributed by atoms with van der Waals surface area (Å²) in [6.45, 7) is 5.42. The summed E-state index contributed by atoms with van der Waals surface area (Å²) >= 11 is 1.47. The van der Waals surface area contributed by atoms with Crippen molar-refractivity contribution in [3.05, 3.63) is 53.5 Å². The number of aliphatic hydroxyl groups is 2. The van der Waals surface area contributed by atoms with Crippen LogP contribution in [0.2, 0.25) is 0 Å². The van der Waals surface area contributed by atoms with Crippen LogP contribution >= 0.6 is 23.7 Å². The van der Waals surface area contributed by atoms with Crippen molar-refractivity contribution < 1.29 is 32.9 Å². The summed E-state index contributed by atoms with van der Waals surface area (Å²) in [5, 5.41) is 28.1. The molecule has 0 aliphatic heterocycles. The quantitative estimate of drug-likeness (QED) is 0.188. The lowest BCUT2D eigenvalue weighted by Crippen LogP contribution is -2.37. The molecule has 3 heterocycles. The van der Waals surface area contributed by atoms with Crippen LogP contribution in [0.25, 0.3) is 20.8 Å². The predicted octanol–water partition coefficient (Wildman–Crippen LogP) is 5.43. The second-order valence-electron chi connectivity index (χ2n) is 10.2. The Labute approximate surface area is 256 Å². The van der Waals surface area contributed by atoms with Gasteiger partial charge in [-0.3, -0.25) is 4.98 Å². The van der Waals surface area contributed by atoms with Crippen molar-refractivity contribution in [1.29, 1.82) is 0 Å². The van der Waals surface area contributed by atoms with Gasteiger partial charge in [0.2, 0.25) is 5.95 Å². The van der Waals surface area contributed by atoms with Crippen LogP contribution in [-0.2, 0) is 4.74 Å². The van der Waals surface area contributed by atoms with Crippen molar-refractivity contribution in [1.82, 2.24) is 19.9 Å². The zero-order valence-corrected chi connectivity index (χ0v) is 25.3. The number of nitrogens with one attached hydrogen (secondary N) is 2. The van der Waals surface area contributed by atoms with Gasteiger partial charge < -0.3 is 30.3 Å². The van der Waals surface area contributed by atoms with Crippen LogP contribution < -0.4 is 15.4 Å². The summed E-state index contributed by atoms with van der Waals surface area (Å²) in [6, 6.07) is 6.62. The minimum atomic E-state index is -4.77. The molecule has 1 aliphatic rings. The fourth-order valence-corrected chi connectivity index (χ4v) is 6.37. The van der Waals surface area contributed by atoms with Gasteiger partial charge in [-0.15, -0.1) is 36.9 Å². The molecular formula is C28H32ClF3N6O4S. The maximum Gasteiger partial charge on any atom is 0.573 e. The highest BCUT2D eigenvalue weighted by molar-refractivity contribution is 7.21. The standard InChI is InChI=1S/C28H31F3N6O4S.ClH/c1-13(16-5-7-18(8-6-16)41-28(29,30)31)33-27-34-14(2)21(26-36-22-15(3)32-10-9-20(22)42-26)25(37-27)35-19-11-17(12-38)24(40-4)23(19)39;/h5-10,13,17,19,23-24,38-39H,11-12H2,1-4H3,(H2,33,34,35,37);1H/t13-,17-,19-,23+,24-;/m1./s1. The molecule has 10 nitrogen and oxygen atoms in total. The molecule has 0 spiro atoms. The van der Waals surface area contributed by atoms with E-state index in [1.807, 2.05) is 26.8 Å². The first-order valence-corrected chi connectivity index (χ1v) is 14.1. The van der Waals surface area contributed by atoms with Gasteiger partial charge in [-0.05, 0) is 51.0 Å². The van der Waals surface area contributed by atoms with Crippen molar-refractivity contribution in [2.75, 3.05) is 24.4 Å². The van der Waals surface area contributed by atoms with Crippen LogP contribution in [0.5, 0.6) is 5.75 Å². The van der Waals surface area contributed by atoms with Gasteiger partial charge in [0.1, 0.15) is 28.2 Å².